The molecule has 184 valence electrons. The number of rotatable bonds is 6. The predicted octanol–water partition coefficient (Wildman–Crippen LogP) is 7.09. The normalized spacial score (nSPS) is 11.8. The Balaban J connectivity index is 1.71. The molecule has 0 heterocycles. The van der Waals surface area contributed by atoms with Crippen molar-refractivity contribution >= 4 is 35.2 Å². The zero-order chi connectivity index (χ0) is 26.4. The number of esters is 2. The Morgan fingerprint density at radius 3 is 1.03 bits per heavy atom. The van der Waals surface area contributed by atoms with Crippen LogP contribution in [0.1, 0.15) is 22.3 Å². The SMILES string of the molecule is O=C(OC(=O)/C(=C\c1ccc(F)cc1)c1ccc(F)cc1)/C(=C\c1ccc(F)cc1)c1ccc(F)cc1. The number of carbonyl (C=O) groups is 2. The summed E-state index contributed by atoms with van der Waals surface area (Å²) < 4.78 is 58.9. The van der Waals surface area contributed by atoms with Crippen molar-refractivity contribution < 1.29 is 31.9 Å². The van der Waals surface area contributed by atoms with Crippen LogP contribution < -0.4 is 0 Å². The van der Waals surface area contributed by atoms with E-state index in [1.165, 1.54) is 84.9 Å². The highest BCUT2D eigenvalue weighted by Gasteiger charge is 2.22. The van der Waals surface area contributed by atoms with E-state index in [1.54, 1.807) is 0 Å². The first kappa shape index (κ1) is 25.3. The highest BCUT2D eigenvalue weighted by Crippen LogP contribution is 2.25. The Hall–Kier alpha value is -4.78. The molecule has 3 nitrogen and oxygen atoms in total. The Morgan fingerprint density at radius 2 is 0.730 bits per heavy atom. The van der Waals surface area contributed by atoms with Crippen LogP contribution in [0, 0.1) is 23.3 Å². The molecular formula is C30H18F4O3. The fourth-order valence-electron chi connectivity index (χ4n) is 3.42. The summed E-state index contributed by atoms with van der Waals surface area (Å²) in [6, 6.07) is 20.4. The van der Waals surface area contributed by atoms with Crippen molar-refractivity contribution in [2.75, 3.05) is 0 Å². The molecule has 0 aliphatic heterocycles. The standard InChI is InChI=1S/C30H18F4O3/c31-23-9-1-19(2-10-23)17-27(21-5-13-25(33)14-6-21)29(35)37-30(36)28(22-7-15-26(34)16-8-22)18-20-3-11-24(32)12-4-20/h1-18H/b27-17-,28-18-. The van der Waals surface area contributed by atoms with E-state index in [-0.39, 0.29) is 22.3 Å². The summed E-state index contributed by atoms with van der Waals surface area (Å²) >= 11 is 0. The van der Waals surface area contributed by atoms with E-state index in [1.807, 2.05) is 0 Å². The summed E-state index contributed by atoms with van der Waals surface area (Å²) in [4.78, 5) is 26.4. The average Bonchev–Trinajstić information content (AvgIpc) is 2.89. The summed E-state index contributed by atoms with van der Waals surface area (Å²) in [5.74, 6) is -4.12. The second-order valence-corrected chi connectivity index (χ2v) is 7.91. The van der Waals surface area contributed by atoms with Crippen molar-refractivity contribution in [2.45, 2.75) is 0 Å². The summed E-state index contributed by atoms with van der Waals surface area (Å²) in [6.45, 7) is 0. The van der Waals surface area contributed by atoms with Gasteiger partial charge in [0.05, 0.1) is 11.1 Å². The Labute approximate surface area is 210 Å². The number of hydrogen-bond donors (Lipinski definition) is 0. The molecule has 4 aromatic carbocycles. The molecule has 0 fully saturated rings. The maximum atomic E-state index is 13.5. The first-order chi connectivity index (χ1) is 17.8. The third-order valence-electron chi connectivity index (χ3n) is 5.30. The number of halogens is 4. The average molecular weight is 502 g/mol. The molecule has 0 aromatic heterocycles. The molecule has 0 saturated carbocycles. The number of ether oxygens (including phenoxy) is 1. The molecule has 0 aliphatic rings. The van der Waals surface area contributed by atoms with Crippen LogP contribution in [0.4, 0.5) is 17.6 Å². The van der Waals surface area contributed by atoms with Crippen LogP contribution in [0.25, 0.3) is 23.3 Å². The van der Waals surface area contributed by atoms with E-state index in [0.29, 0.717) is 11.1 Å². The van der Waals surface area contributed by atoms with Crippen LogP contribution in [-0.4, -0.2) is 11.9 Å². The van der Waals surface area contributed by atoms with Crippen LogP contribution in [-0.2, 0) is 14.3 Å². The van der Waals surface area contributed by atoms with Gasteiger partial charge in [-0.3, -0.25) is 0 Å². The second kappa shape index (κ2) is 11.3. The maximum absolute atomic E-state index is 13.5. The fourth-order valence-corrected chi connectivity index (χ4v) is 3.42. The van der Waals surface area contributed by atoms with Gasteiger partial charge in [0.25, 0.3) is 0 Å². The minimum Gasteiger partial charge on any atom is -0.386 e. The lowest BCUT2D eigenvalue weighted by Crippen LogP contribution is -2.15. The van der Waals surface area contributed by atoms with E-state index < -0.39 is 35.2 Å². The van der Waals surface area contributed by atoms with Gasteiger partial charge in [0.2, 0.25) is 0 Å². The van der Waals surface area contributed by atoms with Crippen LogP contribution >= 0.6 is 0 Å². The molecule has 4 rings (SSSR count). The predicted molar refractivity (Wildman–Crippen MR) is 132 cm³/mol. The van der Waals surface area contributed by atoms with Gasteiger partial charge >= 0.3 is 11.9 Å². The molecule has 0 aliphatic carbocycles. The number of benzene rings is 4. The van der Waals surface area contributed by atoms with Gasteiger partial charge in [0.15, 0.2) is 0 Å². The van der Waals surface area contributed by atoms with Crippen molar-refractivity contribution in [1.29, 1.82) is 0 Å². The molecule has 0 bridgehead atoms. The molecular weight excluding hydrogens is 484 g/mol. The van der Waals surface area contributed by atoms with Gasteiger partial charge in [0, 0.05) is 0 Å². The van der Waals surface area contributed by atoms with Crippen molar-refractivity contribution in [3.05, 3.63) is 143 Å². The third kappa shape index (κ3) is 6.67. The van der Waals surface area contributed by atoms with E-state index in [0.717, 1.165) is 24.3 Å². The van der Waals surface area contributed by atoms with Gasteiger partial charge in [-0.1, -0.05) is 48.5 Å². The fraction of sp³-hybridized carbons (Fsp3) is 0. The lowest BCUT2D eigenvalue weighted by molar-refractivity contribution is -0.150. The van der Waals surface area contributed by atoms with Crippen molar-refractivity contribution in [2.24, 2.45) is 0 Å². The van der Waals surface area contributed by atoms with Crippen molar-refractivity contribution in [3.8, 4) is 0 Å². The highest BCUT2D eigenvalue weighted by molar-refractivity contribution is 6.30. The van der Waals surface area contributed by atoms with Gasteiger partial charge in [-0.05, 0) is 82.9 Å². The van der Waals surface area contributed by atoms with Crippen molar-refractivity contribution in [3.63, 3.8) is 0 Å². The van der Waals surface area contributed by atoms with E-state index in [9.17, 15) is 27.2 Å². The van der Waals surface area contributed by atoms with Crippen molar-refractivity contribution in [1.82, 2.24) is 0 Å². The van der Waals surface area contributed by atoms with Gasteiger partial charge in [0.1, 0.15) is 23.3 Å². The van der Waals surface area contributed by atoms with Gasteiger partial charge in [-0.2, -0.15) is 0 Å². The molecule has 4 aromatic rings. The zero-order valence-electron chi connectivity index (χ0n) is 19.1. The van der Waals surface area contributed by atoms with E-state index in [2.05, 4.69) is 0 Å². The Kier molecular flexibility index (Phi) is 7.74. The van der Waals surface area contributed by atoms with Crippen LogP contribution in [0.15, 0.2) is 97.1 Å². The maximum Gasteiger partial charge on any atom is 0.346 e. The molecule has 0 atom stereocenters. The highest BCUT2D eigenvalue weighted by atomic mass is 19.1. The zero-order valence-corrected chi connectivity index (χ0v) is 19.1. The van der Waals surface area contributed by atoms with Crippen LogP contribution in [0.2, 0.25) is 0 Å². The summed E-state index contributed by atoms with van der Waals surface area (Å²) in [5.41, 5.74) is 1.22. The number of hydrogen-bond acceptors (Lipinski definition) is 3. The Morgan fingerprint density at radius 1 is 0.459 bits per heavy atom. The minimum atomic E-state index is -1.05. The molecule has 0 saturated heterocycles. The molecule has 0 unspecified atom stereocenters. The topological polar surface area (TPSA) is 43.4 Å². The largest absolute Gasteiger partial charge is 0.386 e. The lowest BCUT2D eigenvalue weighted by atomic mass is 10.0. The van der Waals surface area contributed by atoms with Gasteiger partial charge < -0.3 is 4.74 Å². The summed E-state index contributed by atoms with van der Waals surface area (Å²) in [6.07, 6.45) is 2.76. The van der Waals surface area contributed by atoms with E-state index >= 15 is 0 Å². The van der Waals surface area contributed by atoms with Gasteiger partial charge in [-0.25, -0.2) is 27.2 Å². The molecule has 0 spiro atoms. The van der Waals surface area contributed by atoms with E-state index in [4.69, 9.17) is 4.74 Å². The first-order valence-corrected chi connectivity index (χ1v) is 11.0. The first-order valence-electron chi connectivity index (χ1n) is 11.0. The quantitative estimate of drug-likeness (QED) is 0.0929. The Bertz CT molecular complexity index is 1360. The third-order valence-corrected chi connectivity index (χ3v) is 5.30. The summed E-state index contributed by atoms with van der Waals surface area (Å²) in [5, 5.41) is 0. The summed E-state index contributed by atoms with van der Waals surface area (Å²) in [7, 11) is 0. The van der Waals surface area contributed by atoms with Gasteiger partial charge in [-0.15, -0.1) is 0 Å². The monoisotopic (exact) mass is 502 g/mol. The van der Waals surface area contributed by atoms with Crippen LogP contribution in [0.3, 0.4) is 0 Å². The second-order valence-electron chi connectivity index (χ2n) is 7.91. The molecule has 7 heteroatoms. The lowest BCUT2D eigenvalue weighted by Gasteiger charge is -2.11. The molecule has 37 heavy (non-hydrogen) atoms. The number of carbonyl (C=O) groups excluding carboxylic acids is 2. The smallest absolute Gasteiger partial charge is 0.346 e. The molecule has 0 N–H and O–H groups in total. The molecule has 0 amide bonds. The molecule has 0 radical (unpaired) electrons. The van der Waals surface area contributed by atoms with Crippen LogP contribution in [0.5, 0.6) is 0 Å². The minimum absolute atomic E-state index is 0.0832.